The van der Waals surface area contributed by atoms with Crippen LogP contribution in [0.15, 0.2) is 15.5 Å². The van der Waals surface area contributed by atoms with E-state index in [0.29, 0.717) is 23.0 Å². The molecular formula is C13H14BrNO3. The summed E-state index contributed by atoms with van der Waals surface area (Å²) in [7, 11) is 0. The molecule has 0 spiro atoms. The summed E-state index contributed by atoms with van der Waals surface area (Å²) in [6.45, 7) is 3.66. The number of aromatic nitrogens is 1. The number of halogens is 1. The molecule has 0 aliphatic rings. The van der Waals surface area contributed by atoms with E-state index in [1.165, 1.54) is 4.57 Å². The number of hydrogen-bond acceptors (Lipinski definition) is 3. The second-order valence-electron chi connectivity index (χ2n) is 3.78. The Morgan fingerprint density at radius 3 is 2.83 bits per heavy atom. The molecule has 0 amide bonds. The highest BCUT2D eigenvalue weighted by atomic mass is 79.9. The molecule has 0 radical (unpaired) electrons. The third-order valence-electron chi connectivity index (χ3n) is 2.37. The molecule has 0 fully saturated rings. The molecule has 0 N–H and O–H groups in total. The van der Waals surface area contributed by atoms with Crippen molar-refractivity contribution in [2.24, 2.45) is 0 Å². The van der Waals surface area contributed by atoms with Crippen molar-refractivity contribution in [3.8, 4) is 18.1 Å². The summed E-state index contributed by atoms with van der Waals surface area (Å²) >= 11 is 3.24. The maximum atomic E-state index is 12.0. The number of ether oxygens (including phenoxy) is 1. The van der Waals surface area contributed by atoms with Crippen molar-refractivity contribution in [3.05, 3.63) is 26.6 Å². The molecule has 1 heterocycles. The van der Waals surface area contributed by atoms with Gasteiger partial charge in [-0.3, -0.25) is 14.2 Å². The number of terminal acetylenes is 1. The van der Waals surface area contributed by atoms with Crippen LogP contribution in [0.1, 0.15) is 25.3 Å². The average molecular weight is 312 g/mol. The molecule has 4 nitrogen and oxygen atoms in total. The number of pyridine rings is 1. The molecule has 1 aromatic heterocycles. The van der Waals surface area contributed by atoms with Gasteiger partial charge in [0.25, 0.3) is 5.56 Å². The van der Waals surface area contributed by atoms with E-state index in [1.54, 1.807) is 13.0 Å². The Bertz CT molecular complexity index is 555. The first-order chi connectivity index (χ1) is 8.51. The van der Waals surface area contributed by atoms with Crippen LogP contribution in [0.25, 0.3) is 0 Å². The zero-order valence-electron chi connectivity index (χ0n) is 10.3. The smallest absolute Gasteiger partial charge is 0.311 e. The molecule has 0 saturated heterocycles. The number of hydrogen-bond donors (Lipinski definition) is 0. The normalized spacial score (nSPS) is 9.89. The standard InChI is InChI=1S/C13H14BrNO3/c1-4-6-12(16)18-10-8-11(14)15(7-5-2)13(17)9(10)3/h2,8H,4,6-7H2,1,3H3. The Morgan fingerprint density at radius 1 is 1.61 bits per heavy atom. The third-order valence-corrected chi connectivity index (χ3v) is 3.03. The lowest BCUT2D eigenvalue weighted by atomic mass is 10.2. The van der Waals surface area contributed by atoms with Gasteiger partial charge in [-0.25, -0.2) is 0 Å². The quantitative estimate of drug-likeness (QED) is 0.487. The molecule has 0 unspecified atom stereocenters. The van der Waals surface area contributed by atoms with Crippen LogP contribution in [0, 0.1) is 19.3 Å². The molecule has 1 aromatic rings. The summed E-state index contributed by atoms with van der Waals surface area (Å²) in [5.74, 6) is 2.33. The number of carbonyl (C=O) groups is 1. The van der Waals surface area contributed by atoms with Gasteiger partial charge in [0.1, 0.15) is 5.75 Å². The minimum absolute atomic E-state index is 0.170. The highest BCUT2D eigenvalue weighted by Crippen LogP contribution is 2.20. The summed E-state index contributed by atoms with van der Waals surface area (Å²) < 4.78 is 7.04. The van der Waals surface area contributed by atoms with Crippen molar-refractivity contribution < 1.29 is 9.53 Å². The average Bonchev–Trinajstić information content (AvgIpc) is 2.32. The van der Waals surface area contributed by atoms with E-state index in [-0.39, 0.29) is 23.8 Å². The highest BCUT2D eigenvalue weighted by Gasteiger charge is 2.13. The minimum atomic E-state index is -0.346. The molecule has 0 aromatic carbocycles. The third kappa shape index (κ3) is 3.23. The van der Waals surface area contributed by atoms with E-state index in [4.69, 9.17) is 11.2 Å². The lowest BCUT2D eigenvalue weighted by Crippen LogP contribution is -2.24. The Kier molecular flexibility index (Phi) is 5.17. The second-order valence-corrected chi connectivity index (χ2v) is 4.59. The Labute approximate surface area is 114 Å². The molecule has 0 saturated carbocycles. The molecule has 96 valence electrons. The lowest BCUT2D eigenvalue weighted by Gasteiger charge is -2.11. The number of esters is 1. The van der Waals surface area contributed by atoms with Crippen LogP contribution in [0.3, 0.4) is 0 Å². The Balaban J connectivity index is 3.14. The van der Waals surface area contributed by atoms with Crippen LogP contribution in [-0.4, -0.2) is 10.5 Å². The molecule has 5 heteroatoms. The summed E-state index contributed by atoms with van der Waals surface area (Å²) in [6, 6.07) is 1.58. The monoisotopic (exact) mass is 311 g/mol. The summed E-state index contributed by atoms with van der Waals surface area (Å²) in [4.78, 5) is 23.4. The fourth-order valence-corrected chi connectivity index (χ4v) is 1.92. The molecule has 0 aliphatic heterocycles. The van der Waals surface area contributed by atoms with E-state index in [2.05, 4.69) is 21.9 Å². The molecule has 0 bridgehead atoms. The molecule has 18 heavy (non-hydrogen) atoms. The Morgan fingerprint density at radius 2 is 2.28 bits per heavy atom. The van der Waals surface area contributed by atoms with Gasteiger partial charge in [-0.05, 0) is 29.3 Å². The zero-order chi connectivity index (χ0) is 13.7. The van der Waals surface area contributed by atoms with Crippen LogP contribution >= 0.6 is 15.9 Å². The van der Waals surface area contributed by atoms with E-state index in [0.717, 1.165) is 0 Å². The number of nitrogens with zero attached hydrogens (tertiary/aromatic N) is 1. The van der Waals surface area contributed by atoms with Gasteiger partial charge >= 0.3 is 5.97 Å². The van der Waals surface area contributed by atoms with Crippen molar-refractivity contribution in [3.63, 3.8) is 0 Å². The maximum absolute atomic E-state index is 12.0. The molecule has 0 aliphatic carbocycles. The minimum Gasteiger partial charge on any atom is -0.426 e. The van der Waals surface area contributed by atoms with Gasteiger partial charge < -0.3 is 4.74 Å². The van der Waals surface area contributed by atoms with E-state index >= 15 is 0 Å². The summed E-state index contributed by atoms with van der Waals surface area (Å²) in [6.07, 6.45) is 6.22. The molecular weight excluding hydrogens is 298 g/mol. The van der Waals surface area contributed by atoms with Gasteiger partial charge in [-0.2, -0.15) is 0 Å². The predicted octanol–water partition coefficient (Wildman–Crippen LogP) is 2.26. The van der Waals surface area contributed by atoms with Crippen molar-refractivity contribution in [2.75, 3.05) is 0 Å². The number of rotatable bonds is 4. The Hall–Kier alpha value is -1.54. The van der Waals surface area contributed by atoms with Crippen LogP contribution < -0.4 is 10.3 Å². The van der Waals surface area contributed by atoms with Crippen LogP contribution in [0.5, 0.6) is 5.75 Å². The lowest BCUT2D eigenvalue weighted by molar-refractivity contribution is -0.134. The molecule has 1 rings (SSSR count). The van der Waals surface area contributed by atoms with E-state index in [1.807, 2.05) is 6.92 Å². The first-order valence-corrected chi connectivity index (χ1v) is 6.34. The fraction of sp³-hybridized carbons (Fsp3) is 0.385. The zero-order valence-corrected chi connectivity index (χ0v) is 11.9. The van der Waals surface area contributed by atoms with Gasteiger partial charge in [0.2, 0.25) is 0 Å². The van der Waals surface area contributed by atoms with Crippen LogP contribution in [-0.2, 0) is 11.3 Å². The predicted molar refractivity (Wildman–Crippen MR) is 72.5 cm³/mol. The summed E-state index contributed by atoms with van der Waals surface area (Å²) in [5.41, 5.74) is 0.111. The number of carbonyl (C=O) groups excluding carboxylic acids is 1. The molecule has 0 atom stereocenters. The maximum Gasteiger partial charge on any atom is 0.311 e. The van der Waals surface area contributed by atoms with Crippen LogP contribution in [0.4, 0.5) is 0 Å². The van der Waals surface area contributed by atoms with Crippen molar-refractivity contribution in [2.45, 2.75) is 33.2 Å². The van der Waals surface area contributed by atoms with Gasteiger partial charge in [-0.15, -0.1) is 6.42 Å². The highest BCUT2D eigenvalue weighted by molar-refractivity contribution is 9.10. The van der Waals surface area contributed by atoms with Gasteiger partial charge in [-0.1, -0.05) is 12.8 Å². The first kappa shape index (κ1) is 14.5. The van der Waals surface area contributed by atoms with E-state index < -0.39 is 0 Å². The summed E-state index contributed by atoms with van der Waals surface area (Å²) in [5, 5.41) is 0. The topological polar surface area (TPSA) is 48.3 Å². The largest absolute Gasteiger partial charge is 0.426 e. The van der Waals surface area contributed by atoms with Crippen molar-refractivity contribution in [1.29, 1.82) is 0 Å². The second kappa shape index (κ2) is 6.41. The van der Waals surface area contributed by atoms with Crippen molar-refractivity contribution in [1.82, 2.24) is 4.57 Å². The first-order valence-electron chi connectivity index (χ1n) is 5.55. The SMILES string of the molecule is C#CCn1c(Br)cc(OC(=O)CCC)c(C)c1=O. The van der Waals surface area contributed by atoms with Gasteiger partial charge in [0, 0.05) is 12.5 Å². The van der Waals surface area contributed by atoms with Gasteiger partial charge in [0.15, 0.2) is 0 Å². The van der Waals surface area contributed by atoms with Crippen LogP contribution in [0.2, 0.25) is 0 Å². The van der Waals surface area contributed by atoms with Crippen molar-refractivity contribution >= 4 is 21.9 Å². The van der Waals surface area contributed by atoms with Gasteiger partial charge in [0.05, 0.1) is 16.7 Å². The van der Waals surface area contributed by atoms with E-state index in [9.17, 15) is 9.59 Å². The fourth-order valence-electron chi connectivity index (χ4n) is 1.42.